The first-order valence-electron chi connectivity index (χ1n) is 2.57. The largest absolute Gasteiger partial charge is 0.400 e. The molecule has 0 rings (SSSR count). The third-order valence-electron chi connectivity index (χ3n) is 1.07. The van der Waals surface area contributed by atoms with Crippen LogP contribution in [0.2, 0.25) is 0 Å². The third-order valence-corrected chi connectivity index (χ3v) is 1.07. The molecule has 0 aliphatic heterocycles. The van der Waals surface area contributed by atoms with Gasteiger partial charge in [-0.05, 0) is 6.92 Å². The molecule has 0 saturated heterocycles. The van der Waals surface area contributed by atoms with Gasteiger partial charge in [0.05, 0.1) is 6.61 Å². The molecule has 5 heteroatoms. The van der Waals surface area contributed by atoms with E-state index in [0.29, 0.717) is 0 Å². The molecule has 2 nitrogen and oxygen atoms in total. The summed E-state index contributed by atoms with van der Waals surface area (Å²) in [7, 11) is 0. The highest BCUT2D eigenvalue weighted by Crippen LogP contribution is 2.26. The molecule has 0 radical (unpaired) electrons. The van der Waals surface area contributed by atoms with E-state index >= 15 is 0 Å². The highest BCUT2D eigenvalue weighted by Gasteiger charge is 2.42. The minimum absolute atomic E-state index is 0.800. The summed E-state index contributed by atoms with van der Waals surface area (Å²) in [6, 6.07) is 0. The summed E-state index contributed by atoms with van der Waals surface area (Å²) < 4.78 is 34.8. The molecule has 0 aromatic carbocycles. The van der Waals surface area contributed by atoms with Crippen LogP contribution in [0.5, 0.6) is 0 Å². The van der Waals surface area contributed by atoms with Crippen LogP contribution in [0.1, 0.15) is 6.92 Å². The van der Waals surface area contributed by atoms with Gasteiger partial charge in [-0.2, -0.15) is 13.2 Å². The molecule has 0 aromatic rings. The molecule has 0 fully saturated rings. The van der Waals surface area contributed by atoms with Crippen LogP contribution in [0.3, 0.4) is 0 Å². The standard InChI is InChI=1S/C5H7F3O2/c1-3(10)4(2-9)5(6,7)8/h4,9H,2H2,1H3. The summed E-state index contributed by atoms with van der Waals surface area (Å²) in [4.78, 5) is 10.1. The van der Waals surface area contributed by atoms with Gasteiger partial charge in [0, 0.05) is 0 Å². The Balaban J connectivity index is 4.22. The quantitative estimate of drug-likeness (QED) is 0.640. The molecule has 1 unspecified atom stereocenters. The number of aliphatic hydroxyl groups excluding tert-OH is 1. The van der Waals surface area contributed by atoms with Gasteiger partial charge in [-0.15, -0.1) is 0 Å². The fourth-order valence-corrected chi connectivity index (χ4v) is 0.463. The minimum atomic E-state index is -4.61. The van der Waals surface area contributed by atoms with E-state index < -0.39 is 24.5 Å². The first kappa shape index (κ1) is 9.42. The van der Waals surface area contributed by atoms with E-state index in [2.05, 4.69) is 0 Å². The molecular formula is C5H7F3O2. The van der Waals surface area contributed by atoms with Gasteiger partial charge < -0.3 is 5.11 Å². The third kappa shape index (κ3) is 2.34. The Morgan fingerprint density at radius 1 is 1.60 bits per heavy atom. The Morgan fingerprint density at radius 3 is 2.00 bits per heavy atom. The van der Waals surface area contributed by atoms with Gasteiger partial charge in [0.25, 0.3) is 0 Å². The number of alkyl halides is 3. The fourth-order valence-electron chi connectivity index (χ4n) is 0.463. The average Bonchev–Trinajstić information content (AvgIpc) is 1.60. The number of halogens is 3. The molecule has 1 atom stereocenters. The number of carbonyl (C=O) groups excluding carboxylic acids is 1. The van der Waals surface area contributed by atoms with Crippen molar-refractivity contribution in [2.24, 2.45) is 5.92 Å². The smallest absolute Gasteiger partial charge is 0.395 e. The molecule has 0 aromatic heterocycles. The van der Waals surface area contributed by atoms with Crippen molar-refractivity contribution in [2.75, 3.05) is 6.61 Å². The highest BCUT2D eigenvalue weighted by atomic mass is 19.4. The minimum Gasteiger partial charge on any atom is -0.395 e. The molecule has 0 amide bonds. The van der Waals surface area contributed by atoms with E-state index in [0.717, 1.165) is 6.92 Å². The molecule has 0 bridgehead atoms. The number of ketones is 1. The first-order chi connectivity index (χ1) is 4.39. The van der Waals surface area contributed by atoms with Crippen LogP contribution >= 0.6 is 0 Å². The normalized spacial score (nSPS) is 14.9. The van der Waals surface area contributed by atoms with Crippen LogP contribution < -0.4 is 0 Å². The van der Waals surface area contributed by atoms with E-state index in [1.165, 1.54) is 0 Å². The van der Waals surface area contributed by atoms with Crippen LogP contribution in [0.4, 0.5) is 13.2 Å². The Bertz CT molecular complexity index is 129. The molecule has 0 spiro atoms. The monoisotopic (exact) mass is 156 g/mol. The zero-order valence-electron chi connectivity index (χ0n) is 5.27. The van der Waals surface area contributed by atoms with Crippen molar-refractivity contribution in [2.45, 2.75) is 13.1 Å². The van der Waals surface area contributed by atoms with Gasteiger partial charge >= 0.3 is 6.18 Å². The predicted octanol–water partition coefficient (Wildman–Crippen LogP) is 0.746. The molecule has 0 aliphatic rings. The number of rotatable bonds is 2. The number of aliphatic hydroxyl groups is 1. The maximum absolute atomic E-state index is 11.6. The van der Waals surface area contributed by atoms with Crippen molar-refractivity contribution in [3.63, 3.8) is 0 Å². The summed E-state index contributed by atoms with van der Waals surface area (Å²) in [6.45, 7) is -0.368. The summed E-state index contributed by atoms with van der Waals surface area (Å²) in [5.74, 6) is -3.28. The molecule has 1 N–H and O–H groups in total. The number of hydrogen-bond donors (Lipinski definition) is 1. The second kappa shape index (κ2) is 3.01. The van der Waals surface area contributed by atoms with Crippen LogP contribution in [0.15, 0.2) is 0 Å². The zero-order chi connectivity index (χ0) is 8.36. The Hall–Kier alpha value is -0.580. The molecule has 0 heterocycles. The van der Waals surface area contributed by atoms with Crippen molar-refractivity contribution >= 4 is 5.78 Å². The maximum Gasteiger partial charge on any atom is 0.400 e. The lowest BCUT2D eigenvalue weighted by Gasteiger charge is -2.13. The van der Waals surface area contributed by atoms with Crippen LogP contribution in [0.25, 0.3) is 0 Å². The van der Waals surface area contributed by atoms with Gasteiger partial charge in [0.2, 0.25) is 0 Å². The lowest BCUT2D eigenvalue weighted by Crippen LogP contribution is -2.32. The van der Waals surface area contributed by atoms with Crippen molar-refractivity contribution in [1.82, 2.24) is 0 Å². The Kier molecular flexibility index (Phi) is 2.83. The maximum atomic E-state index is 11.6. The lowest BCUT2D eigenvalue weighted by molar-refractivity contribution is -0.186. The van der Waals surface area contributed by atoms with Gasteiger partial charge in [0.15, 0.2) is 0 Å². The van der Waals surface area contributed by atoms with Crippen molar-refractivity contribution in [3.05, 3.63) is 0 Å². The second-order valence-electron chi connectivity index (χ2n) is 1.89. The summed E-state index contributed by atoms with van der Waals surface area (Å²) in [5.41, 5.74) is 0. The Labute approximate surface area is 55.7 Å². The van der Waals surface area contributed by atoms with E-state index in [-0.39, 0.29) is 0 Å². The summed E-state index contributed by atoms with van der Waals surface area (Å²) in [6.07, 6.45) is -4.61. The molecule has 0 saturated carbocycles. The van der Waals surface area contributed by atoms with Crippen LogP contribution in [-0.4, -0.2) is 23.7 Å². The van der Waals surface area contributed by atoms with Gasteiger partial charge in [0.1, 0.15) is 11.7 Å². The van der Waals surface area contributed by atoms with E-state index in [1.54, 1.807) is 0 Å². The second-order valence-corrected chi connectivity index (χ2v) is 1.89. The van der Waals surface area contributed by atoms with Crippen molar-refractivity contribution in [3.8, 4) is 0 Å². The first-order valence-corrected chi connectivity index (χ1v) is 2.57. The topological polar surface area (TPSA) is 37.3 Å². The Morgan fingerprint density at radius 2 is 2.00 bits per heavy atom. The number of carbonyl (C=O) groups is 1. The van der Waals surface area contributed by atoms with E-state index in [4.69, 9.17) is 5.11 Å². The molecule has 60 valence electrons. The zero-order valence-corrected chi connectivity index (χ0v) is 5.27. The van der Waals surface area contributed by atoms with Crippen LogP contribution in [0, 0.1) is 5.92 Å². The van der Waals surface area contributed by atoms with Crippen LogP contribution in [-0.2, 0) is 4.79 Å². The molecule has 0 aliphatic carbocycles. The van der Waals surface area contributed by atoms with Gasteiger partial charge in [-0.25, -0.2) is 0 Å². The SMILES string of the molecule is CC(=O)C(CO)C(F)(F)F. The van der Waals surface area contributed by atoms with Crippen molar-refractivity contribution < 1.29 is 23.1 Å². The predicted molar refractivity (Wildman–Crippen MR) is 27.3 cm³/mol. The number of hydrogen-bond acceptors (Lipinski definition) is 2. The molecule has 10 heavy (non-hydrogen) atoms. The fraction of sp³-hybridized carbons (Fsp3) is 0.800. The highest BCUT2D eigenvalue weighted by molar-refractivity contribution is 5.79. The lowest BCUT2D eigenvalue weighted by atomic mass is 10.1. The average molecular weight is 156 g/mol. The van der Waals surface area contributed by atoms with E-state index in [1.807, 2.05) is 0 Å². The van der Waals surface area contributed by atoms with Crippen molar-refractivity contribution in [1.29, 1.82) is 0 Å². The van der Waals surface area contributed by atoms with Gasteiger partial charge in [-0.3, -0.25) is 4.79 Å². The van der Waals surface area contributed by atoms with E-state index in [9.17, 15) is 18.0 Å². The number of Topliss-reactive ketones (excluding diaryl/α,β-unsaturated/α-hetero) is 1. The summed E-state index contributed by atoms with van der Waals surface area (Å²) in [5, 5.41) is 8.09. The van der Waals surface area contributed by atoms with Gasteiger partial charge in [-0.1, -0.05) is 0 Å². The molecular weight excluding hydrogens is 149 g/mol. The summed E-state index contributed by atoms with van der Waals surface area (Å²) >= 11 is 0.